The maximum Gasteiger partial charge on any atom is 0.466 e. The SMILES string of the molecule is O.O=P(O)(O)O.OC1CCCC1O. The Balaban J connectivity index is 0. The molecule has 2 unspecified atom stereocenters. The molecular formula is C5H15O7P. The molecule has 0 heterocycles. The second kappa shape index (κ2) is 6.44. The second-order valence-corrected chi connectivity index (χ2v) is 3.61. The zero-order chi connectivity index (χ0) is 9.78. The van der Waals surface area contributed by atoms with Gasteiger partial charge in [-0.15, -0.1) is 0 Å². The molecule has 7 nitrogen and oxygen atoms in total. The van der Waals surface area contributed by atoms with Gasteiger partial charge in [-0.2, -0.15) is 0 Å². The molecule has 0 saturated heterocycles. The van der Waals surface area contributed by atoms with E-state index in [1.54, 1.807) is 0 Å². The Hall–Kier alpha value is -0.0100. The van der Waals surface area contributed by atoms with Gasteiger partial charge in [0.2, 0.25) is 0 Å². The van der Waals surface area contributed by atoms with Crippen LogP contribution in [-0.2, 0) is 4.57 Å². The standard InChI is InChI=1S/C5H10O2.H3O4P.H2O/c6-4-2-1-3-5(4)7;1-5(2,3)4;/h4-7H,1-3H2;(H3,1,2,3,4);1H2. The normalized spacial score (nSPS) is 27.2. The average Bonchev–Trinajstić information content (AvgIpc) is 2.12. The van der Waals surface area contributed by atoms with Gasteiger partial charge in [0.15, 0.2) is 0 Å². The van der Waals surface area contributed by atoms with E-state index in [4.69, 9.17) is 29.5 Å². The first-order valence-electron chi connectivity index (χ1n) is 3.45. The van der Waals surface area contributed by atoms with E-state index in [9.17, 15) is 0 Å². The number of rotatable bonds is 0. The van der Waals surface area contributed by atoms with Crippen LogP contribution in [0.4, 0.5) is 0 Å². The molecule has 0 spiro atoms. The van der Waals surface area contributed by atoms with Crippen LogP contribution < -0.4 is 0 Å². The van der Waals surface area contributed by atoms with Crippen molar-refractivity contribution in [3.05, 3.63) is 0 Å². The molecule has 2 atom stereocenters. The van der Waals surface area contributed by atoms with Crippen molar-refractivity contribution in [2.24, 2.45) is 0 Å². The smallest absolute Gasteiger partial charge is 0.412 e. The van der Waals surface area contributed by atoms with Crippen molar-refractivity contribution in [1.29, 1.82) is 0 Å². The quantitative estimate of drug-likeness (QED) is 0.301. The molecule has 1 fully saturated rings. The fourth-order valence-corrected chi connectivity index (χ4v) is 0.921. The molecule has 0 bridgehead atoms. The van der Waals surface area contributed by atoms with Crippen LogP contribution in [0.3, 0.4) is 0 Å². The van der Waals surface area contributed by atoms with Crippen molar-refractivity contribution in [2.45, 2.75) is 31.5 Å². The minimum absolute atomic E-state index is 0. The van der Waals surface area contributed by atoms with Gasteiger partial charge in [0.25, 0.3) is 0 Å². The first-order valence-corrected chi connectivity index (χ1v) is 5.01. The van der Waals surface area contributed by atoms with Crippen LogP contribution in [0.15, 0.2) is 0 Å². The second-order valence-electron chi connectivity index (χ2n) is 2.58. The van der Waals surface area contributed by atoms with Crippen molar-refractivity contribution in [3.63, 3.8) is 0 Å². The van der Waals surface area contributed by atoms with E-state index in [0.717, 1.165) is 19.3 Å². The summed E-state index contributed by atoms with van der Waals surface area (Å²) in [7, 11) is -4.64. The van der Waals surface area contributed by atoms with E-state index in [1.165, 1.54) is 0 Å². The van der Waals surface area contributed by atoms with Crippen LogP contribution in [0.1, 0.15) is 19.3 Å². The summed E-state index contributed by atoms with van der Waals surface area (Å²) in [5, 5.41) is 17.5. The number of hydrogen-bond donors (Lipinski definition) is 5. The monoisotopic (exact) mass is 218 g/mol. The summed E-state index contributed by atoms with van der Waals surface area (Å²) < 4.78 is 8.88. The van der Waals surface area contributed by atoms with Gasteiger partial charge in [0.05, 0.1) is 12.2 Å². The minimum atomic E-state index is -4.64. The van der Waals surface area contributed by atoms with Crippen LogP contribution in [0, 0.1) is 0 Å². The Labute approximate surface area is 75.2 Å². The Morgan fingerprint density at radius 3 is 1.31 bits per heavy atom. The van der Waals surface area contributed by atoms with E-state index in [2.05, 4.69) is 0 Å². The van der Waals surface area contributed by atoms with Gasteiger partial charge in [-0.05, 0) is 19.3 Å². The summed E-state index contributed by atoms with van der Waals surface area (Å²) in [5.74, 6) is 0. The molecule has 0 aromatic rings. The lowest BCUT2D eigenvalue weighted by molar-refractivity contribution is 0.0438. The van der Waals surface area contributed by atoms with Gasteiger partial charge >= 0.3 is 7.82 Å². The molecule has 7 N–H and O–H groups in total. The summed E-state index contributed by atoms with van der Waals surface area (Å²) in [5.41, 5.74) is 0. The number of phosphoric acid groups is 1. The van der Waals surface area contributed by atoms with Crippen molar-refractivity contribution in [2.75, 3.05) is 0 Å². The first kappa shape index (κ1) is 15.5. The number of hydrogen-bond acceptors (Lipinski definition) is 3. The molecule has 1 rings (SSSR count). The molecule has 1 aliphatic carbocycles. The van der Waals surface area contributed by atoms with E-state index >= 15 is 0 Å². The summed E-state index contributed by atoms with van der Waals surface area (Å²) in [6.07, 6.45) is 1.67. The molecule has 82 valence electrons. The Morgan fingerprint density at radius 2 is 1.23 bits per heavy atom. The van der Waals surface area contributed by atoms with E-state index in [-0.39, 0.29) is 5.48 Å². The van der Waals surface area contributed by atoms with Gasteiger partial charge in [-0.25, -0.2) is 4.57 Å². The summed E-state index contributed by atoms with van der Waals surface area (Å²) in [4.78, 5) is 21.6. The van der Waals surface area contributed by atoms with Gasteiger partial charge in [-0.3, -0.25) is 0 Å². The lowest BCUT2D eigenvalue weighted by Crippen LogP contribution is -2.17. The summed E-state index contributed by atoms with van der Waals surface area (Å²) in [6, 6.07) is 0. The molecule has 0 radical (unpaired) electrons. The Bertz CT molecular complexity index is 150. The predicted molar refractivity (Wildman–Crippen MR) is 43.7 cm³/mol. The molecule has 0 aliphatic heterocycles. The highest BCUT2D eigenvalue weighted by atomic mass is 31.2. The largest absolute Gasteiger partial charge is 0.466 e. The van der Waals surface area contributed by atoms with E-state index < -0.39 is 20.0 Å². The lowest BCUT2D eigenvalue weighted by atomic mass is 10.3. The minimum Gasteiger partial charge on any atom is -0.412 e. The van der Waals surface area contributed by atoms with Gasteiger partial charge in [-0.1, -0.05) is 0 Å². The van der Waals surface area contributed by atoms with Crippen molar-refractivity contribution in [3.8, 4) is 0 Å². The molecular weight excluding hydrogens is 203 g/mol. The summed E-state index contributed by atoms with van der Waals surface area (Å²) in [6.45, 7) is 0. The fourth-order valence-electron chi connectivity index (χ4n) is 0.921. The van der Waals surface area contributed by atoms with Crippen molar-refractivity contribution in [1.82, 2.24) is 0 Å². The predicted octanol–water partition coefficient (Wildman–Crippen LogP) is -1.86. The third kappa shape index (κ3) is 12.0. The molecule has 13 heavy (non-hydrogen) atoms. The van der Waals surface area contributed by atoms with Crippen LogP contribution in [0.2, 0.25) is 0 Å². The van der Waals surface area contributed by atoms with Gasteiger partial charge in [0.1, 0.15) is 0 Å². The Morgan fingerprint density at radius 1 is 1.00 bits per heavy atom. The highest BCUT2D eigenvalue weighted by Gasteiger charge is 2.21. The molecule has 1 saturated carbocycles. The van der Waals surface area contributed by atoms with Crippen LogP contribution in [-0.4, -0.2) is 42.6 Å². The molecule has 0 amide bonds. The third-order valence-electron chi connectivity index (χ3n) is 1.44. The highest BCUT2D eigenvalue weighted by Crippen LogP contribution is 2.25. The van der Waals surface area contributed by atoms with Crippen molar-refractivity contribution >= 4 is 7.82 Å². The van der Waals surface area contributed by atoms with Gasteiger partial charge < -0.3 is 30.4 Å². The fraction of sp³-hybridized carbons (Fsp3) is 1.00. The van der Waals surface area contributed by atoms with Gasteiger partial charge in [0, 0.05) is 0 Å². The van der Waals surface area contributed by atoms with E-state index in [1.807, 2.05) is 0 Å². The van der Waals surface area contributed by atoms with Crippen LogP contribution in [0.25, 0.3) is 0 Å². The topological polar surface area (TPSA) is 150 Å². The van der Waals surface area contributed by atoms with Crippen LogP contribution in [0.5, 0.6) is 0 Å². The van der Waals surface area contributed by atoms with Crippen molar-refractivity contribution < 1.29 is 34.9 Å². The zero-order valence-electron chi connectivity index (χ0n) is 6.87. The number of aliphatic hydroxyl groups is 2. The zero-order valence-corrected chi connectivity index (χ0v) is 7.76. The molecule has 8 heteroatoms. The summed E-state index contributed by atoms with van der Waals surface area (Å²) >= 11 is 0. The Kier molecular flexibility index (Phi) is 7.67. The maximum absolute atomic E-state index is 8.88. The molecule has 0 aromatic heterocycles. The average molecular weight is 218 g/mol. The highest BCUT2D eigenvalue weighted by molar-refractivity contribution is 7.45. The lowest BCUT2D eigenvalue weighted by Gasteiger charge is -2.03. The molecule has 1 aliphatic rings. The number of aliphatic hydroxyl groups excluding tert-OH is 2. The molecule has 0 aromatic carbocycles. The maximum atomic E-state index is 8.88. The van der Waals surface area contributed by atoms with Crippen LogP contribution >= 0.6 is 7.82 Å². The third-order valence-corrected chi connectivity index (χ3v) is 1.44. The van der Waals surface area contributed by atoms with E-state index in [0.29, 0.717) is 0 Å². The first-order chi connectivity index (χ1) is 5.30.